The van der Waals surface area contributed by atoms with E-state index in [9.17, 15) is 0 Å². The Morgan fingerprint density at radius 2 is 1.07 bits per heavy atom. The van der Waals surface area contributed by atoms with Crippen LogP contribution in [0, 0.1) is 11.8 Å². The molecule has 0 aromatic rings. The van der Waals surface area contributed by atoms with Crippen LogP contribution in [-0.4, -0.2) is 25.8 Å². The van der Waals surface area contributed by atoms with E-state index in [2.05, 4.69) is 47.3 Å². The Hall–Kier alpha value is -0.380. The fraction of sp³-hybridized carbons (Fsp3) is 0.926. The van der Waals surface area contributed by atoms with Gasteiger partial charge in [0.1, 0.15) is 0 Å². The van der Waals surface area contributed by atoms with Gasteiger partial charge in [-0.2, -0.15) is 0 Å². The molecule has 0 radical (unpaired) electrons. The van der Waals surface area contributed by atoms with Crippen molar-refractivity contribution in [2.75, 3.05) is 19.8 Å². The molecule has 0 aliphatic heterocycles. The SMILES string of the molecule is C=CC(CCCCCCC)C(CCC)C(OCCCC)(OCCCC)OCCCC. The van der Waals surface area contributed by atoms with Crippen LogP contribution in [0.3, 0.4) is 0 Å². The second-order valence-corrected chi connectivity index (χ2v) is 8.71. The Balaban J connectivity index is 5.54. The first-order valence-corrected chi connectivity index (χ1v) is 13.2. The molecule has 0 saturated carbocycles. The highest BCUT2D eigenvalue weighted by Crippen LogP contribution is 2.39. The maximum atomic E-state index is 6.51. The second kappa shape index (κ2) is 20.5. The predicted molar refractivity (Wildman–Crippen MR) is 131 cm³/mol. The van der Waals surface area contributed by atoms with E-state index in [4.69, 9.17) is 14.2 Å². The number of ether oxygens (including phenoxy) is 3. The van der Waals surface area contributed by atoms with E-state index in [-0.39, 0.29) is 5.92 Å². The van der Waals surface area contributed by atoms with Crippen molar-refractivity contribution in [3.05, 3.63) is 12.7 Å². The standard InChI is InChI=1S/C27H54O3/c1-7-13-17-18-19-21-25(12-6)26(20-11-5)27(28-22-14-8-2,29-23-15-9-3)30-24-16-10-4/h12,25-26H,6-11,13-24H2,1-5H3. The molecule has 0 spiro atoms. The van der Waals surface area contributed by atoms with Gasteiger partial charge in [0.15, 0.2) is 0 Å². The van der Waals surface area contributed by atoms with E-state index in [1.54, 1.807) is 0 Å². The Labute approximate surface area is 189 Å². The monoisotopic (exact) mass is 426 g/mol. The molecule has 2 atom stereocenters. The third kappa shape index (κ3) is 12.5. The molecule has 0 fully saturated rings. The number of rotatable bonds is 23. The zero-order valence-corrected chi connectivity index (χ0v) is 21.2. The van der Waals surface area contributed by atoms with E-state index in [0.29, 0.717) is 25.7 Å². The molecule has 0 N–H and O–H groups in total. The largest absolute Gasteiger partial charge is 0.327 e. The number of hydrogen-bond donors (Lipinski definition) is 0. The van der Waals surface area contributed by atoms with Gasteiger partial charge in [0.25, 0.3) is 5.97 Å². The number of unbranched alkanes of at least 4 members (excludes halogenated alkanes) is 7. The Bertz CT molecular complexity index is 343. The molecule has 3 nitrogen and oxygen atoms in total. The highest BCUT2D eigenvalue weighted by Gasteiger charge is 2.45. The number of hydrogen-bond acceptors (Lipinski definition) is 3. The summed E-state index contributed by atoms with van der Waals surface area (Å²) in [5.74, 6) is -0.383. The van der Waals surface area contributed by atoms with Gasteiger partial charge in [-0.3, -0.25) is 0 Å². The van der Waals surface area contributed by atoms with Crippen molar-refractivity contribution >= 4 is 0 Å². The smallest absolute Gasteiger partial charge is 0.286 e. The van der Waals surface area contributed by atoms with Crippen LogP contribution in [0.15, 0.2) is 12.7 Å². The molecule has 0 saturated heterocycles. The zero-order valence-electron chi connectivity index (χ0n) is 21.2. The Morgan fingerprint density at radius 3 is 1.47 bits per heavy atom. The van der Waals surface area contributed by atoms with Gasteiger partial charge >= 0.3 is 0 Å². The first-order chi connectivity index (χ1) is 14.7. The maximum absolute atomic E-state index is 6.51. The van der Waals surface area contributed by atoms with Gasteiger partial charge in [-0.15, -0.1) is 6.58 Å². The summed E-state index contributed by atoms with van der Waals surface area (Å²) in [4.78, 5) is 0. The van der Waals surface area contributed by atoms with Crippen molar-refractivity contribution in [1.82, 2.24) is 0 Å². The van der Waals surface area contributed by atoms with Gasteiger partial charge in [0, 0.05) is 5.92 Å². The lowest BCUT2D eigenvalue weighted by Crippen LogP contribution is -2.50. The summed E-state index contributed by atoms with van der Waals surface area (Å²) in [5, 5.41) is 0. The molecular weight excluding hydrogens is 372 g/mol. The zero-order chi connectivity index (χ0) is 22.5. The van der Waals surface area contributed by atoms with Crippen LogP contribution in [-0.2, 0) is 14.2 Å². The van der Waals surface area contributed by atoms with Crippen molar-refractivity contribution in [2.24, 2.45) is 11.8 Å². The van der Waals surface area contributed by atoms with Crippen molar-refractivity contribution in [3.63, 3.8) is 0 Å². The normalized spacial score (nSPS) is 14.0. The quantitative estimate of drug-likeness (QED) is 0.0929. The van der Waals surface area contributed by atoms with Gasteiger partial charge in [-0.05, 0) is 38.0 Å². The fourth-order valence-electron chi connectivity index (χ4n) is 3.95. The molecule has 0 rings (SSSR count). The van der Waals surface area contributed by atoms with E-state index in [0.717, 1.165) is 57.8 Å². The highest BCUT2D eigenvalue weighted by atomic mass is 16.9. The fourth-order valence-corrected chi connectivity index (χ4v) is 3.95. The van der Waals surface area contributed by atoms with Crippen LogP contribution in [0.4, 0.5) is 0 Å². The summed E-state index contributed by atoms with van der Waals surface area (Å²) < 4.78 is 19.5. The molecule has 0 bridgehead atoms. The molecule has 0 aromatic heterocycles. The summed E-state index contributed by atoms with van der Waals surface area (Å²) in [6.07, 6.45) is 18.3. The van der Waals surface area contributed by atoms with Gasteiger partial charge in [0.05, 0.1) is 19.8 Å². The topological polar surface area (TPSA) is 27.7 Å². The molecule has 0 amide bonds. The average Bonchev–Trinajstić information content (AvgIpc) is 2.75. The molecule has 0 aromatic carbocycles. The summed E-state index contributed by atoms with van der Waals surface area (Å²) in [6.45, 7) is 17.4. The predicted octanol–water partition coefficient (Wildman–Crippen LogP) is 8.67. The molecule has 0 heterocycles. The molecular formula is C27H54O3. The van der Waals surface area contributed by atoms with Gasteiger partial charge < -0.3 is 14.2 Å². The lowest BCUT2D eigenvalue weighted by atomic mass is 9.82. The van der Waals surface area contributed by atoms with E-state index < -0.39 is 5.97 Å². The first-order valence-electron chi connectivity index (χ1n) is 13.2. The lowest BCUT2D eigenvalue weighted by Gasteiger charge is -2.42. The van der Waals surface area contributed by atoms with Crippen LogP contribution >= 0.6 is 0 Å². The van der Waals surface area contributed by atoms with E-state index >= 15 is 0 Å². The Morgan fingerprint density at radius 1 is 0.600 bits per heavy atom. The van der Waals surface area contributed by atoms with E-state index in [1.165, 1.54) is 32.1 Å². The number of allylic oxidation sites excluding steroid dienone is 1. The van der Waals surface area contributed by atoms with E-state index in [1.807, 2.05) is 0 Å². The molecule has 2 unspecified atom stereocenters. The van der Waals surface area contributed by atoms with Gasteiger partial charge in [-0.25, -0.2) is 0 Å². The summed E-state index contributed by atoms with van der Waals surface area (Å²) in [6, 6.07) is 0. The third-order valence-corrected chi connectivity index (χ3v) is 5.92. The first kappa shape index (κ1) is 29.6. The third-order valence-electron chi connectivity index (χ3n) is 5.92. The highest BCUT2D eigenvalue weighted by molar-refractivity contribution is 4.90. The van der Waals surface area contributed by atoms with Crippen molar-refractivity contribution in [3.8, 4) is 0 Å². The second-order valence-electron chi connectivity index (χ2n) is 8.71. The van der Waals surface area contributed by atoms with Crippen LogP contribution in [0.1, 0.15) is 125 Å². The summed E-state index contributed by atoms with van der Waals surface area (Å²) in [7, 11) is 0. The lowest BCUT2D eigenvalue weighted by molar-refractivity contribution is -0.411. The van der Waals surface area contributed by atoms with Gasteiger partial charge in [0.2, 0.25) is 0 Å². The van der Waals surface area contributed by atoms with Crippen molar-refractivity contribution in [1.29, 1.82) is 0 Å². The minimum Gasteiger partial charge on any atom is -0.327 e. The van der Waals surface area contributed by atoms with Crippen molar-refractivity contribution < 1.29 is 14.2 Å². The summed E-state index contributed by atoms with van der Waals surface area (Å²) in [5.41, 5.74) is 0. The molecule has 0 aliphatic rings. The maximum Gasteiger partial charge on any atom is 0.286 e. The molecule has 180 valence electrons. The van der Waals surface area contributed by atoms with Crippen LogP contribution in [0.25, 0.3) is 0 Å². The minimum atomic E-state index is -0.933. The molecule has 0 aliphatic carbocycles. The van der Waals surface area contributed by atoms with Crippen LogP contribution in [0.2, 0.25) is 0 Å². The van der Waals surface area contributed by atoms with Crippen molar-refractivity contribution in [2.45, 2.75) is 130 Å². The van der Waals surface area contributed by atoms with Crippen LogP contribution < -0.4 is 0 Å². The molecule has 3 heteroatoms. The Kier molecular flexibility index (Phi) is 20.3. The summed E-state index contributed by atoms with van der Waals surface area (Å²) >= 11 is 0. The average molecular weight is 427 g/mol. The minimum absolute atomic E-state index is 0.191. The van der Waals surface area contributed by atoms with Crippen LogP contribution in [0.5, 0.6) is 0 Å². The molecule has 30 heavy (non-hydrogen) atoms. The van der Waals surface area contributed by atoms with Gasteiger partial charge in [-0.1, -0.05) is 98.5 Å².